The normalized spacial score (nSPS) is 52.7. The van der Waals surface area contributed by atoms with Gasteiger partial charge in [0.05, 0.1) is 11.7 Å². The van der Waals surface area contributed by atoms with Gasteiger partial charge in [0.1, 0.15) is 0 Å². The van der Waals surface area contributed by atoms with Crippen LogP contribution in [0.15, 0.2) is 23.8 Å². The fraction of sp³-hybridized carbons (Fsp3) is 0.800. The highest BCUT2D eigenvalue weighted by atomic mass is 28.4. The molecule has 0 aromatic rings. The lowest BCUT2D eigenvalue weighted by atomic mass is 9.45. The quantitative estimate of drug-likeness (QED) is 0.662. The Morgan fingerprint density at radius 1 is 1.20 bits per heavy atom. The molecule has 0 amide bonds. The number of aliphatic hydroxyl groups excluding tert-OH is 1. The van der Waals surface area contributed by atoms with Crippen LogP contribution in [0.2, 0.25) is 19.6 Å². The number of carbonyl (C=O) groups is 1. The first-order valence-electron chi connectivity index (χ1n) is 11.9. The zero-order valence-corrected chi connectivity index (χ0v) is 20.3. The third-order valence-corrected chi connectivity index (χ3v) is 10.7. The Morgan fingerprint density at radius 3 is 2.53 bits per heavy atom. The topological polar surface area (TPSA) is 66.8 Å². The van der Waals surface area contributed by atoms with Gasteiger partial charge in [-0.15, -0.1) is 0 Å². The molecule has 5 aliphatic carbocycles. The standard InChI is InChI=1S/C25H38O4Si/c1-14(26)25(28)19-12-18(19)21-17-8-7-15-11-16(27)9-10-23(15,2)22(17)20(13-24(21,25)3)29-30(4,5)6/h9-11,14,17-22,26,28H,7-8,12-13H2,1-6H3/t14?,17-,18-,19+,20-,21+,22+,23-,24-,25+/m0/s1. The van der Waals surface area contributed by atoms with Gasteiger partial charge in [0, 0.05) is 16.9 Å². The molecule has 166 valence electrons. The van der Waals surface area contributed by atoms with E-state index in [0.717, 1.165) is 25.7 Å². The summed E-state index contributed by atoms with van der Waals surface area (Å²) in [6, 6.07) is 0. The molecular formula is C25H38O4Si. The average Bonchev–Trinajstić information content (AvgIpc) is 3.36. The summed E-state index contributed by atoms with van der Waals surface area (Å²) >= 11 is 0. The molecule has 0 aromatic carbocycles. The number of ketones is 1. The summed E-state index contributed by atoms with van der Waals surface area (Å²) in [6.45, 7) is 13.0. The van der Waals surface area contributed by atoms with Crippen molar-refractivity contribution in [1.29, 1.82) is 0 Å². The Bertz CT molecular complexity index is 841. The summed E-state index contributed by atoms with van der Waals surface area (Å²) in [5.74, 6) is 2.02. The van der Waals surface area contributed by atoms with Crippen LogP contribution in [0, 0.1) is 40.4 Å². The average molecular weight is 431 g/mol. The minimum Gasteiger partial charge on any atom is -0.414 e. The largest absolute Gasteiger partial charge is 0.414 e. The van der Waals surface area contributed by atoms with Crippen LogP contribution in [0.1, 0.15) is 46.5 Å². The minimum absolute atomic E-state index is 0.0391. The number of carbonyl (C=O) groups excluding carboxylic acids is 1. The van der Waals surface area contributed by atoms with Gasteiger partial charge in [0.2, 0.25) is 0 Å². The van der Waals surface area contributed by atoms with E-state index in [1.165, 1.54) is 5.57 Å². The fourth-order valence-electron chi connectivity index (χ4n) is 8.69. The van der Waals surface area contributed by atoms with E-state index >= 15 is 0 Å². The van der Waals surface area contributed by atoms with E-state index in [1.54, 1.807) is 13.0 Å². The molecule has 0 heterocycles. The molecule has 2 N–H and O–H groups in total. The number of aliphatic hydroxyl groups is 2. The van der Waals surface area contributed by atoms with Crippen molar-refractivity contribution in [2.75, 3.05) is 0 Å². The first-order chi connectivity index (χ1) is 13.8. The molecule has 5 heteroatoms. The van der Waals surface area contributed by atoms with Crippen molar-refractivity contribution in [1.82, 2.24) is 0 Å². The third kappa shape index (κ3) is 2.58. The first kappa shape index (κ1) is 21.1. The smallest absolute Gasteiger partial charge is 0.184 e. The van der Waals surface area contributed by atoms with Crippen molar-refractivity contribution in [3.63, 3.8) is 0 Å². The Balaban J connectivity index is 1.63. The van der Waals surface area contributed by atoms with Crippen molar-refractivity contribution in [2.24, 2.45) is 40.4 Å². The van der Waals surface area contributed by atoms with Crippen LogP contribution < -0.4 is 0 Å². The van der Waals surface area contributed by atoms with Crippen molar-refractivity contribution in [3.8, 4) is 0 Å². The van der Waals surface area contributed by atoms with E-state index in [-0.39, 0.29) is 28.6 Å². The lowest BCUT2D eigenvalue weighted by Crippen LogP contribution is -2.64. The minimum atomic E-state index is -1.83. The summed E-state index contributed by atoms with van der Waals surface area (Å²) in [6.07, 6.45) is 8.93. The maximum Gasteiger partial charge on any atom is 0.184 e. The third-order valence-electron chi connectivity index (χ3n) is 9.65. The molecule has 5 aliphatic rings. The first-order valence-corrected chi connectivity index (χ1v) is 15.3. The second-order valence-electron chi connectivity index (χ2n) is 12.3. The predicted molar refractivity (Wildman–Crippen MR) is 119 cm³/mol. The second-order valence-corrected chi connectivity index (χ2v) is 16.8. The van der Waals surface area contributed by atoms with Crippen LogP contribution in [0.3, 0.4) is 0 Å². The molecule has 0 bridgehead atoms. The van der Waals surface area contributed by atoms with Gasteiger partial charge in [0.25, 0.3) is 0 Å². The van der Waals surface area contributed by atoms with Gasteiger partial charge in [-0.25, -0.2) is 0 Å². The zero-order valence-electron chi connectivity index (χ0n) is 19.3. The lowest BCUT2D eigenvalue weighted by Gasteiger charge is -2.62. The molecule has 1 unspecified atom stereocenters. The van der Waals surface area contributed by atoms with Crippen molar-refractivity contribution >= 4 is 14.1 Å². The molecule has 0 radical (unpaired) electrons. The number of fused-ring (bicyclic) bond motifs is 7. The summed E-state index contributed by atoms with van der Waals surface area (Å²) in [5.41, 5.74) is -0.242. The SMILES string of the molecule is CC(O)[C@@]1(O)[C@@H]2C[C@@H]2[C@H]2[C@@H]3CCC4=CC(=O)C=C[C@]4(C)[C@H]3[C@@H](O[Si](C)(C)C)C[C@@]21C. The highest BCUT2D eigenvalue weighted by molar-refractivity contribution is 6.69. The number of hydrogen-bond acceptors (Lipinski definition) is 4. The van der Waals surface area contributed by atoms with Crippen molar-refractivity contribution in [3.05, 3.63) is 23.8 Å². The molecule has 4 saturated carbocycles. The molecule has 5 rings (SSSR count). The second kappa shape index (κ2) is 6.18. The summed E-state index contributed by atoms with van der Waals surface area (Å²) in [5, 5.41) is 22.7. The molecule has 10 atom stereocenters. The number of allylic oxidation sites excluding steroid dienone is 4. The molecule has 0 saturated heterocycles. The summed E-state index contributed by atoms with van der Waals surface area (Å²) in [7, 11) is -1.83. The monoisotopic (exact) mass is 430 g/mol. The Labute approximate surface area is 181 Å². The number of rotatable bonds is 3. The van der Waals surface area contributed by atoms with Crippen molar-refractivity contribution in [2.45, 2.75) is 83.9 Å². The van der Waals surface area contributed by atoms with Gasteiger partial charge < -0.3 is 14.6 Å². The van der Waals surface area contributed by atoms with E-state index in [1.807, 2.05) is 6.08 Å². The van der Waals surface area contributed by atoms with Gasteiger partial charge >= 0.3 is 0 Å². The van der Waals surface area contributed by atoms with Gasteiger partial charge in [-0.2, -0.15) is 0 Å². The summed E-state index contributed by atoms with van der Waals surface area (Å²) in [4.78, 5) is 12.1. The van der Waals surface area contributed by atoms with Crippen molar-refractivity contribution < 1.29 is 19.4 Å². The van der Waals surface area contributed by atoms with Crippen LogP contribution in [-0.2, 0) is 9.22 Å². The van der Waals surface area contributed by atoms with Gasteiger partial charge in [-0.05, 0) is 94.0 Å². The fourth-order valence-corrected chi connectivity index (χ4v) is 9.82. The maximum atomic E-state index is 12.1. The van der Waals surface area contributed by atoms with Gasteiger partial charge in [0.15, 0.2) is 14.1 Å². The van der Waals surface area contributed by atoms with Crippen LogP contribution in [0.25, 0.3) is 0 Å². The van der Waals surface area contributed by atoms with E-state index in [2.05, 4.69) is 39.6 Å². The maximum absolute atomic E-state index is 12.1. The molecule has 4 fully saturated rings. The Kier molecular flexibility index (Phi) is 4.35. The van der Waals surface area contributed by atoms with Crippen LogP contribution in [0.5, 0.6) is 0 Å². The highest BCUT2D eigenvalue weighted by Crippen LogP contribution is 2.77. The molecule has 0 spiro atoms. The molecule has 30 heavy (non-hydrogen) atoms. The predicted octanol–water partition coefficient (Wildman–Crippen LogP) is 4.09. The Morgan fingerprint density at radius 2 is 1.90 bits per heavy atom. The van der Waals surface area contributed by atoms with Crippen LogP contribution in [-0.4, -0.2) is 42.1 Å². The van der Waals surface area contributed by atoms with E-state index in [4.69, 9.17) is 4.43 Å². The van der Waals surface area contributed by atoms with Gasteiger partial charge in [-0.3, -0.25) is 4.79 Å². The number of hydrogen-bond donors (Lipinski definition) is 2. The highest BCUT2D eigenvalue weighted by Gasteiger charge is 2.78. The molecule has 0 aliphatic heterocycles. The molecule has 0 aromatic heterocycles. The van der Waals surface area contributed by atoms with Crippen LogP contribution in [0.4, 0.5) is 0 Å². The molecule has 4 nitrogen and oxygen atoms in total. The Hall–Kier alpha value is -0.753. The van der Waals surface area contributed by atoms with E-state index in [0.29, 0.717) is 23.7 Å². The van der Waals surface area contributed by atoms with E-state index in [9.17, 15) is 15.0 Å². The summed E-state index contributed by atoms with van der Waals surface area (Å²) < 4.78 is 6.89. The van der Waals surface area contributed by atoms with Crippen LogP contribution >= 0.6 is 0 Å². The zero-order chi connectivity index (χ0) is 21.9. The van der Waals surface area contributed by atoms with Gasteiger partial charge in [-0.1, -0.05) is 25.5 Å². The van der Waals surface area contributed by atoms with E-state index < -0.39 is 20.0 Å². The molecular weight excluding hydrogens is 392 g/mol. The lowest BCUT2D eigenvalue weighted by molar-refractivity contribution is -0.208.